The van der Waals surface area contributed by atoms with Crippen LogP contribution in [0.15, 0.2) is 0 Å². The smallest absolute Gasteiger partial charge is 0.449 e. The average Bonchev–Trinajstić information content (AvgIpc) is 2.79. The van der Waals surface area contributed by atoms with Gasteiger partial charge in [-0.1, -0.05) is 96.8 Å². The Bertz CT molecular complexity index is 571. The maximum Gasteiger partial charge on any atom is 0.472 e. The van der Waals surface area contributed by atoms with Crippen LogP contribution >= 0.6 is 7.82 Å². The van der Waals surface area contributed by atoms with Crippen LogP contribution in [0.2, 0.25) is 0 Å². The minimum atomic E-state index is -4.13. The summed E-state index contributed by atoms with van der Waals surface area (Å²) >= 11 is 0. The molecule has 2 unspecified atom stereocenters. The summed E-state index contributed by atoms with van der Waals surface area (Å²) in [6, 6.07) is 0. The number of hydrogen-bond acceptors (Lipinski definition) is 5. The van der Waals surface area contributed by atoms with Crippen LogP contribution in [0.25, 0.3) is 0 Å². The summed E-state index contributed by atoms with van der Waals surface area (Å²) in [6.45, 7) is 5.49. The van der Waals surface area contributed by atoms with Crippen molar-refractivity contribution in [1.29, 1.82) is 0 Å². The first kappa shape index (κ1) is 35.3. The van der Waals surface area contributed by atoms with Gasteiger partial charge in [-0.2, -0.15) is 0 Å². The summed E-state index contributed by atoms with van der Waals surface area (Å²) < 4.78 is 28.5. The number of nitrogens with zero attached hydrogens (tertiary/aromatic N) is 1. The predicted molar refractivity (Wildman–Crippen MR) is 148 cm³/mol. The minimum absolute atomic E-state index is 0.0238. The third-order valence-electron chi connectivity index (χ3n) is 6.23. The fourth-order valence-corrected chi connectivity index (χ4v) is 4.68. The number of phosphoric acid groups is 1. The first-order valence-electron chi connectivity index (χ1n) is 14.4. The second kappa shape index (κ2) is 22.3. The summed E-state index contributed by atoms with van der Waals surface area (Å²) in [5, 5.41) is 2.60. The summed E-state index contributed by atoms with van der Waals surface area (Å²) in [5.74, 6) is -0.146. The third kappa shape index (κ3) is 25.0. The van der Waals surface area contributed by atoms with Crippen LogP contribution in [-0.4, -0.2) is 69.5 Å². The van der Waals surface area contributed by atoms with E-state index in [0.717, 1.165) is 19.3 Å². The molecule has 0 aliphatic rings. The maximum atomic E-state index is 12.2. The molecule has 36 heavy (non-hydrogen) atoms. The molecule has 1 amide bonds. The fourth-order valence-electron chi connectivity index (χ4n) is 3.90. The molecular weight excluding hydrogens is 479 g/mol. The van der Waals surface area contributed by atoms with Gasteiger partial charge in [-0.25, -0.2) is 9.36 Å². The van der Waals surface area contributed by atoms with Gasteiger partial charge in [0.05, 0.1) is 34.4 Å². The van der Waals surface area contributed by atoms with E-state index in [1.165, 1.54) is 77.0 Å². The Morgan fingerprint density at radius 2 is 1.31 bits per heavy atom. The SMILES string of the molecule is CCCCCCCCCCCCCCCCC(COC(=O)NCC)COP(=O)(O)OCC[N+](C)(C)C. The molecule has 0 aromatic heterocycles. The molecule has 0 bridgehead atoms. The second-order valence-corrected chi connectivity index (χ2v) is 12.4. The van der Waals surface area contributed by atoms with Gasteiger partial charge in [0.1, 0.15) is 13.2 Å². The molecule has 0 aromatic carbocycles. The van der Waals surface area contributed by atoms with Crippen LogP contribution in [0.5, 0.6) is 0 Å². The number of hydrogen-bond donors (Lipinski definition) is 2. The Hall–Kier alpha value is -0.660. The maximum absolute atomic E-state index is 12.2. The van der Waals surface area contributed by atoms with Gasteiger partial charge in [0.2, 0.25) is 0 Å². The predicted octanol–water partition coefficient (Wildman–Crippen LogP) is 7.06. The number of quaternary nitrogens is 1. The highest BCUT2D eigenvalue weighted by molar-refractivity contribution is 7.47. The fraction of sp³-hybridized carbons (Fsp3) is 0.963. The highest BCUT2D eigenvalue weighted by Gasteiger charge is 2.25. The lowest BCUT2D eigenvalue weighted by atomic mass is 10.0. The van der Waals surface area contributed by atoms with Crippen molar-refractivity contribution in [2.75, 3.05) is 54.1 Å². The molecule has 0 saturated heterocycles. The lowest BCUT2D eigenvalue weighted by molar-refractivity contribution is -0.870. The summed E-state index contributed by atoms with van der Waals surface area (Å²) in [4.78, 5) is 21.7. The lowest BCUT2D eigenvalue weighted by Crippen LogP contribution is -2.37. The molecule has 8 nitrogen and oxygen atoms in total. The zero-order chi connectivity index (χ0) is 27.1. The van der Waals surface area contributed by atoms with Gasteiger partial charge in [-0.15, -0.1) is 0 Å². The number of alkyl carbamates (subject to hydrolysis) is 1. The normalized spacial score (nSPS) is 14.4. The van der Waals surface area contributed by atoms with Gasteiger partial charge in [-0.05, 0) is 13.3 Å². The van der Waals surface area contributed by atoms with Crippen LogP contribution in [0.4, 0.5) is 4.79 Å². The Balaban J connectivity index is 4.10. The highest BCUT2D eigenvalue weighted by atomic mass is 31.2. The molecule has 0 radical (unpaired) electrons. The topological polar surface area (TPSA) is 94.1 Å². The van der Waals surface area contributed by atoms with Crippen molar-refractivity contribution in [2.45, 2.75) is 110 Å². The van der Waals surface area contributed by atoms with Gasteiger partial charge in [-0.3, -0.25) is 9.05 Å². The molecule has 0 saturated carbocycles. The molecule has 0 aliphatic carbocycles. The average molecular weight is 538 g/mol. The minimum Gasteiger partial charge on any atom is -0.449 e. The molecule has 9 heteroatoms. The molecular formula is C27H58N2O6P+. The number of ether oxygens (including phenoxy) is 1. The van der Waals surface area contributed by atoms with Gasteiger partial charge in [0, 0.05) is 12.5 Å². The van der Waals surface area contributed by atoms with Crippen LogP contribution in [-0.2, 0) is 18.3 Å². The van der Waals surface area contributed by atoms with Crippen LogP contribution in [0, 0.1) is 5.92 Å². The molecule has 0 fully saturated rings. The second-order valence-electron chi connectivity index (χ2n) is 11.0. The van der Waals surface area contributed by atoms with Gasteiger partial charge >= 0.3 is 13.9 Å². The summed E-state index contributed by atoms with van der Waals surface area (Å²) in [5.41, 5.74) is 0. The zero-order valence-electron chi connectivity index (χ0n) is 24.1. The van der Waals surface area contributed by atoms with Gasteiger partial charge in [0.25, 0.3) is 0 Å². The van der Waals surface area contributed by atoms with Crippen molar-refractivity contribution in [3.05, 3.63) is 0 Å². The van der Waals surface area contributed by atoms with Crippen LogP contribution in [0.3, 0.4) is 0 Å². The molecule has 0 spiro atoms. The molecule has 2 atom stereocenters. The zero-order valence-corrected chi connectivity index (χ0v) is 25.0. The molecule has 2 N–H and O–H groups in total. The number of unbranched alkanes of at least 4 members (excludes halogenated alkanes) is 13. The van der Waals surface area contributed by atoms with Crippen LogP contribution in [0.1, 0.15) is 110 Å². The number of phosphoric ester groups is 1. The van der Waals surface area contributed by atoms with E-state index in [0.29, 0.717) is 17.6 Å². The summed E-state index contributed by atoms with van der Waals surface area (Å²) in [7, 11) is 1.82. The van der Waals surface area contributed by atoms with E-state index in [-0.39, 0.29) is 25.7 Å². The van der Waals surface area contributed by atoms with Crippen LogP contribution < -0.4 is 5.32 Å². The van der Waals surface area contributed by atoms with Crippen molar-refractivity contribution < 1.29 is 32.5 Å². The van der Waals surface area contributed by atoms with E-state index >= 15 is 0 Å². The van der Waals surface area contributed by atoms with E-state index < -0.39 is 13.9 Å². The Kier molecular flexibility index (Phi) is 21.9. The van der Waals surface area contributed by atoms with Crippen molar-refractivity contribution in [2.24, 2.45) is 5.92 Å². The Morgan fingerprint density at radius 1 is 0.806 bits per heavy atom. The molecule has 0 aliphatic heterocycles. The molecule has 216 valence electrons. The lowest BCUT2D eigenvalue weighted by Gasteiger charge is -2.24. The van der Waals surface area contributed by atoms with Gasteiger partial charge in [0.15, 0.2) is 0 Å². The number of carbonyl (C=O) groups is 1. The standard InChI is InChI=1S/C27H57N2O6P/c1-6-8-9-10-11-12-13-14-15-16-17-18-19-20-21-26(24-33-27(30)28-7-2)25-35-36(31,32)34-23-22-29(3,4)5/h26H,6-25H2,1-5H3,(H-,28,30,31,32)/p+1. The van der Waals surface area contributed by atoms with E-state index in [1.807, 2.05) is 28.1 Å². The first-order chi connectivity index (χ1) is 17.1. The number of rotatable bonds is 25. The molecule has 0 heterocycles. The third-order valence-corrected chi connectivity index (χ3v) is 7.21. The quantitative estimate of drug-likeness (QED) is 0.0735. The van der Waals surface area contributed by atoms with E-state index in [1.54, 1.807) is 0 Å². The molecule has 0 aromatic rings. The largest absolute Gasteiger partial charge is 0.472 e. The molecule has 0 rings (SSSR count). The van der Waals surface area contributed by atoms with E-state index in [4.69, 9.17) is 13.8 Å². The first-order valence-corrected chi connectivity index (χ1v) is 15.9. The number of likely N-dealkylation sites (N-methyl/N-ethyl adjacent to an activating group) is 1. The Morgan fingerprint density at radius 3 is 1.78 bits per heavy atom. The Labute approximate surface area is 222 Å². The highest BCUT2D eigenvalue weighted by Crippen LogP contribution is 2.43. The van der Waals surface area contributed by atoms with Crippen molar-refractivity contribution in [3.8, 4) is 0 Å². The number of carbonyl (C=O) groups excluding carboxylic acids is 1. The van der Waals surface area contributed by atoms with Crippen molar-refractivity contribution in [3.63, 3.8) is 0 Å². The van der Waals surface area contributed by atoms with E-state index in [9.17, 15) is 14.3 Å². The summed E-state index contributed by atoms with van der Waals surface area (Å²) in [6.07, 6.45) is 18.4. The van der Waals surface area contributed by atoms with Crippen molar-refractivity contribution >= 4 is 13.9 Å². The van der Waals surface area contributed by atoms with Crippen molar-refractivity contribution in [1.82, 2.24) is 5.32 Å². The number of nitrogens with one attached hydrogen (secondary N) is 1. The van der Waals surface area contributed by atoms with E-state index in [2.05, 4.69) is 12.2 Å². The van der Waals surface area contributed by atoms with Gasteiger partial charge < -0.3 is 19.4 Å². The monoisotopic (exact) mass is 537 g/mol. The number of amides is 1.